The van der Waals surface area contributed by atoms with Crippen LogP contribution in [0.25, 0.3) is 0 Å². The van der Waals surface area contributed by atoms with Crippen molar-refractivity contribution >= 4 is 21.8 Å². The number of hydrogen-bond acceptors (Lipinski definition) is 1. The first kappa shape index (κ1) is 17.1. The maximum absolute atomic E-state index is 14.3. The topological polar surface area (TPSA) is 29.1 Å². The van der Waals surface area contributed by atoms with Crippen LogP contribution in [-0.4, -0.2) is 12.5 Å². The summed E-state index contributed by atoms with van der Waals surface area (Å²) in [6.07, 6.45) is 0.735. The van der Waals surface area contributed by atoms with Crippen LogP contribution in [0.5, 0.6) is 0 Å². The van der Waals surface area contributed by atoms with E-state index in [9.17, 15) is 13.6 Å². The molecule has 2 aromatic carbocycles. The summed E-state index contributed by atoms with van der Waals surface area (Å²) >= 11 is 3.36. The summed E-state index contributed by atoms with van der Waals surface area (Å²) in [5.74, 6) is -1.37. The Kier molecular flexibility index (Phi) is 4.24. The van der Waals surface area contributed by atoms with Crippen LogP contribution in [0.3, 0.4) is 0 Å². The summed E-state index contributed by atoms with van der Waals surface area (Å²) in [5, 5.41) is 2.91. The highest BCUT2D eigenvalue weighted by molar-refractivity contribution is 9.10. The molecule has 5 heteroatoms. The summed E-state index contributed by atoms with van der Waals surface area (Å²) in [6.45, 7) is 4.36. The van der Waals surface area contributed by atoms with E-state index in [4.69, 9.17) is 0 Å². The van der Waals surface area contributed by atoms with Crippen LogP contribution in [0.2, 0.25) is 0 Å². The van der Waals surface area contributed by atoms with Crippen LogP contribution in [0.15, 0.2) is 46.9 Å². The fraction of sp³-hybridized carbons (Fsp3) is 0.316. The molecule has 0 bridgehead atoms. The lowest BCUT2D eigenvalue weighted by molar-refractivity contribution is 0.0947. The van der Waals surface area contributed by atoms with Crippen molar-refractivity contribution in [1.29, 1.82) is 0 Å². The summed E-state index contributed by atoms with van der Waals surface area (Å²) in [6, 6.07) is 10.8. The predicted octanol–water partition coefficient (Wildman–Crippen LogP) is 4.83. The number of carbonyl (C=O) groups is 1. The van der Waals surface area contributed by atoms with Crippen LogP contribution in [0.1, 0.15) is 36.2 Å². The minimum Gasteiger partial charge on any atom is -0.351 e. The third-order valence-electron chi connectivity index (χ3n) is 5.03. The molecule has 1 saturated carbocycles. The fourth-order valence-corrected chi connectivity index (χ4v) is 3.88. The average molecular weight is 394 g/mol. The van der Waals surface area contributed by atoms with E-state index in [-0.39, 0.29) is 11.3 Å². The first-order chi connectivity index (χ1) is 11.3. The van der Waals surface area contributed by atoms with Crippen LogP contribution < -0.4 is 5.32 Å². The molecule has 0 heterocycles. The van der Waals surface area contributed by atoms with E-state index in [0.717, 1.165) is 12.5 Å². The molecule has 1 atom stereocenters. The van der Waals surface area contributed by atoms with Crippen molar-refractivity contribution in [2.24, 2.45) is 5.41 Å². The van der Waals surface area contributed by atoms with Crippen LogP contribution >= 0.6 is 15.9 Å². The lowest BCUT2D eigenvalue weighted by Gasteiger charge is -2.22. The predicted molar refractivity (Wildman–Crippen MR) is 92.9 cm³/mol. The monoisotopic (exact) mass is 393 g/mol. The lowest BCUT2D eigenvalue weighted by Crippen LogP contribution is -2.35. The Morgan fingerprint density at radius 1 is 1.21 bits per heavy atom. The fourth-order valence-electron chi connectivity index (χ4n) is 3.42. The van der Waals surface area contributed by atoms with Gasteiger partial charge in [0.1, 0.15) is 11.6 Å². The van der Waals surface area contributed by atoms with E-state index in [2.05, 4.69) is 21.2 Å². The van der Waals surface area contributed by atoms with Gasteiger partial charge in [0.25, 0.3) is 5.91 Å². The number of carbonyl (C=O) groups excluding carboxylic acids is 1. The van der Waals surface area contributed by atoms with Gasteiger partial charge in [-0.25, -0.2) is 8.78 Å². The zero-order valence-electron chi connectivity index (χ0n) is 13.5. The molecule has 24 heavy (non-hydrogen) atoms. The molecule has 1 unspecified atom stereocenters. The molecular weight excluding hydrogens is 376 g/mol. The molecule has 1 amide bonds. The molecule has 1 N–H and O–H groups in total. The molecule has 1 fully saturated rings. The summed E-state index contributed by atoms with van der Waals surface area (Å²) in [7, 11) is 0. The van der Waals surface area contributed by atoms with Crippen molar-refractivity contribution in [2.75, 3.05) is 6.54 Å². The Morgan fingerprint density at radius 3 is 2.46 bits per heavy atom. The van der Waals surface area contributed by atoms with Crippen LogP contribution in [0.4, 0.5) is 8.78 Å². The molecule has 0 radical (unpaired) electrons. The van der Waals surface area contributed by atoms with Crippen molar-refractivity contribution in [2.45, 2.75) is 25.7 Å². The van der Waals surface area contributed by atoms with Gasteiger partial charge in [-0.05, 0) is 51.5 Å². The van der Waals surface area contributed by atoms with Gasteiger partial charge >= 0.3 is 0 Å². The molecule has 2 nitrogen and oxygen atoms in total. The van der Waals surface area contributed by atoms with Crippen molar-refractivity contribution in [3.05, 3.63) is 69.7 Å². The third kappa shape index (κ3) is 2.86. The minimum absolute atomic E-state index is 0.160. The second-order valence-electron chi connectivity index (χ2n) is 6.93. The van der Waals surface area contributed by atoms with Gasteiger partial charge in [0.05, 0.1) is 5.56 Å². The van der Waals surface area contributed by atoms with E-state index in [1.165, 1.54) is 12.1 Å². The molecule has 1 aliphatic rings. The van der Waals surface area contributed by atoms with Crippen LogP contribution in [0, 0.1) is 17.0 Å². The van der Waals surface area contributed by atoms with E-state index >= 15 is 0 Å². The zero-order chi connectivity index (χ0) is 17.5. The second-order valence-corrected chi connectivity index (χ2v) is 7.78. The molecule has 0 aliphatic heterocycles. The number of halogens is 3. The smallest absolute Gasteiger partial charge is 0.252 e. The van der Waals surface area contributed by atoms with Gasteiger partial charge in [0, 0.05) is 22.5 Å². The lowest BCUT2D eigenvalue weighted by atomic mass is 9.87. The molecule has 3 rings (SSSR count). The zero-order valence-corrected chi connectivity index (χ0v) is 15.1. The van der Waals surface area contributed by atoms with E-state index in [1.54, 1.807) is 18.2 Å². The SMILES string of the molecule is CC1(C)CC1(CNC(=O)c1ccccc1Br)c1ccc(F)cc1F. The largest absolute Gasteiger partial charge is 0.351 e. The van der Waals surface area contributed by atoms with Gasteiger partial charge in [0.15, 0.2) is 0 Å². The van der Waals surface area contributed by atoms with E-state index in [1.807, 2.05) is 19.9 Å². The molecule has 0 saturated heterocycles. The van der Waals surface area contributed by atoms with E-state index in [0.29, 0.717) is 22.1 Å². The van der Waals surface area contributed by atoms with Crippen LogP contribution in [-0.2, 0) is 5.41 Å². The van der Waals surface area contributed by atoms with Gasteiger partial charge < -0.3 is 5.32 Å². The standard InChI is InChI=1S/C19H18BrF2NO/c1-18(2)10-19(18,14-8-7-12(21)9-16(14)22)11-23-17(24)13-5-3-4-6-15(13)20/h3-9H,10-11H2,1-2H3,(H,23,24). The molecule has 0 spiro atoms. The van der Waals surface area contributed by atoms with Crippen molar-refractivity contribution < 1.29 is 13.6 Å². The third-order valence-corrected chi connectivity index (χ3v) is 5.72. The quantitative estimate of drug-likeness (QED) is 0.791. The Hall–Kier alpha value is -1.75. The van der Waals surface area contributed by atoms with Crippen molar-refractivity contribution in [1.82, 2.24) is 5.32 Å². The van der Waals surface area contributed by atoms with Gasteiger partial charge in [-0.15, -0.1) is 0 Å². The highest BCUT2D eigenvalue weighted by atomic mass is 79.9. The average Bonchev–Trinajstić information content (AvgIpc) is 3.07. The number of amides is 1. The summed E-state index contributed by atoms with van der Waals surface area (Å²) in [5.41, 5.74) is 0.321. The van der Waals surface area contributed by atoms with Gasteiger partial charge in [-0.2, -0.15) is 0 Å². The number of nitrogens with one attached hydrogen (secondary N) is 1. The highest BCUT2D eigenvalue weighted by Crippen LogP contribution is 2.64. The summed E-state index contributed by atoms with van der Waals surface area (Å²) < 4.78 is 28.2. The molecular formula is C19H18BrF2NO. The van der Waals surface area contributed by atoms with Gasteiger partial charge in [0.2, 0.25) is 0 Å². The highest BCUT2D eigenvalue weighted by Gasteiger charge is 2.62. The van der Waals surface area contributed by atoms with E-state index < -0.39 is 17.0 Å². The Bertz CT molecular complexity index is 806. The molecule has 126 valence electrons. The maximum atomic E-state index is 14.3. The summed E-state index contributed by atoms with van der Waals surface area (Å²) in [4.78, 5) is 12.4. The number of benzene rings is 2. The maximum Gasteiger partial charge on any atom is 0.252 e. The molecule has 0 aromatic heterocycles. The number of hydrogen-bond donors (Lipinski definition) is 1. The molecule has 2 aromatic rings. The van der Waals surface area contributed by atoms with Crippen molar-refractivity contribution in [3.8, 4) is 0 Å². The van der Waals surface area contributed by atoms with Gasteiger partial charge in [-0.3, -0.25) is 4.79 Å². The minimum atomic E-state index is -0.595. The second kappa shape index (κ2) is 5.96. The Labute approximate surface area is 148 Å². The number of rotatable bonds is 4. The first-order valence-corrected chi connectivity index (χ1v) is 8.54. The normalized spacial score (nSPS) is 21.4. The Balaban J connectivity index is 1.84. The van der Waals surface area contributed by atoms with Crippen molar-refractivity contribution in [3.63, 3.8) is 0 Å². The Morgan fingerprint density at radius 2 is 1.88 bits per heavy atom. The molecule has 1 aliphatic carbocycles. The first-order valence-electron chi connectivity index (χ1n) is 7.75. The van der Waals surface area contributed by atoms with Gasteiger partial charge in [-0.1, -0.05) is 32.0 Å².